The van der Waals surface area contributed by atoms with Gasteiger partial charge < -0.3 is 11.1 Å². The third-order valence-electron chi connectivity index (χ3n) is 2.29. The van der Waals surface area contributed by atoms with Gasteiger partial charge in [0.25, 0.3) is 0 Å². The van der Waals surface area contributed by atoms with E-state index in [-0.39, 0.29) is 0 Å². The average molecular weight is 239 g/mol. The first-order chi connectivity index (χ1) is 6.18. The third kappa shape index (κ3) is 1.75. The number of hydrogen-bond donors (Lipinski definition) is 2. The molecule has 1 aliphatic carbocycles. The number of nitrogens with two attached hydrogens (primary N) is 1. The maximum atomic E-state index is 7.88. The second-order valence-electron chi connectivity index (χ2n) is 3.42. The van der Waals surface area contributed by atoms with Gasteiger partial charge >= 0.3 is 0 Å². The minimum Gasteiger partial charge on any atom is -0.398 e. The minimum absolute atomic E-state index is 0.455. The first-order valence-electron chi connectivity index (χ1n) is 4.32. The Bertz CT molecular complexity index is 356. The molecule has 0 atom stereocenters. The lowest BCUT2D eigenvalue weighted by molar-refractivity contribution is 1.16. The van der Waals surface area contributed by atoms with Crippen LogP contribution in [0.3, 0.4) is 0 Å². The summed E-state index contributed by atoms with van der Waals surface area (Å²) in [4.78, 5) is 0. The molecule has 0 aromatic heterocycles. The van der Waals surface area contributed by atoms with Crippen molar-refractivity contribution in [1.29, 1.82) is 5.41 Å². The Hall–Kier alpha value is -0.830. The molecule has 1 saturated carbocycles. The molecule has 0 heterocycles. The van der Waals surface area contributed by atoms with Gasteiger partial charge in [0.15, 0.2) is 0 Å². The van der Waals surface area contributed by atoms with Crippen molar-refractivity contribution in [1.82, 2.24) is 0 Å². The van der Waals surface area contributed by atoms with Gasteiger partial charge in [0.1, 0.15) is 0 Å². The first kappa shape index (κ1) is 8.75. The van der Waals surface area contributed by atoms with E-state index in [9.17, 15) is 0 Å². The Morgan fingerprint density at radius 2 is 2.15 bits per heavy atom. The van der Waals surface area contributed by atoms with Gasteiger partial charge in [-0.05, 0) is 31.0 Å². The largest absolute Gasteiger partial charge is 0.398 e. The van der Waals surface area contributed by atoms with E-state index in [4.69, 9.17) is 11.1 Å². The van der Waals surface area contributed by atoms with Crippen molar-refractivity contribution in [3.8, 4) is 0 Å². The molecule has 1 aromatic carbocycles. The van der Waals surface area contributed by atoms with Crippen LogP contribution in [0.5, 0.6) is 0 Å². The van der Waals surface area contributed by atoms with Crippen LogP contribution in [0, 0.1) is 11.3 Å². The summed E-state index contributed by atoms with van der Waals surface area (Å²) in [5.41, 5.74) is 8.08. The van der Waals surface area contributed by atoms with Crippen molar-refractivity contribution >= 4 is 27.3 Å². The van der Waals surface area contributed by atoms with Crippen molar-refractivity contribution in [3.05, 3.63) is 28.2 Å². The van der Waals surface area contributed by atoms with E-state index in [0.29, 0.717) is 17.3 Å². The lowest BCUT2D eigenvalue weighted by Gasteiger charge is -2.06. The zero-order valence-electron chi connectivity index (χ0n) is 7.18. The predicted molar refractivity (Wildman–Crippen MR) is 58.1 cm³/mol. The molecule has 13 heavy (non-hydrogen) atoms. The Kier molecular flexibility index (Phi) is 2.12. The number of nitrogens with one attached hydrogen (secondary N) is 1. The maximum absolute atomic E-state index is 7.88. The Morgan fingerprint density at radius 3 is 2.77 bits per heavy atom. The SMILES string of the molecule is N=C(c1cc(Br)ccc1N)C1CC1. The zero-order valence-corrected chi connectivity index (χ0v) is 8.76. The molecular formula is C10H11BrN2. The normalized spacial score (nSPS) is 15.8. The molecule has 0 spiro atoms. The van der Waals surface area contributed by atoms with Crippen LogP contribution in [-0.2, 0) is 0 Å². The maximum Gasteiger partial charge on any atom is 0.0438 e. The standard InChI is InChI=1S/C10H11BrN2/c11-7-3-4-9(12)8(5-7)10(13)6-1-2-6/h3-6,13H,1-2,12H2. The van der Waals surface area contributed by atoms with Crippen LogP contribution in [0.25, 0.3) is 0 Å². The van der Waals surface area contributed by atoms with Crippen LogP contribution >= 0.6 is 15.9 Å². The first-order valence-corrected chi connectivity index (χ1v) is 5.11. The van der Waals surface area contributed by atoms with Gasteiger partial charge in [0.2, 0.25) is 0 Å². The second-order valence-corrected chi connectivity index (χ2v) is 4.34. The highest BCUT2D eigenvalue weighted by Gasteiger charge is 2.28. The molecule has 1 aromatic rings. The van der Waals surface area contributed by atoms with Crippen molar-refractivity contribution < 1.29 is 0 Å². The van der Waals surface area contributed by atoms with E-state index < -0.39 is 0 Å². The number of nitrogen functional groups attached to an aromatic ring is 1. The molecule has 3 heteroatoms. The van der Waals surface area contributed by atoms with Gasteiger partial charge in [-0.25, -0.2) is 0 Å². The highest BCUT2D eigenvalue weighted by Crippen LogP contribution is 2.34. The second kappa shape index (κ2) is 3.14. The van der Waals surface area contributed by atoms with Crippen LogP contribution in [0.15, 0.2) is 22.7 Å². The van der Waals surface area contributed by atoms with Crippen LogP contribution in [0.2, 0.25) is 0 Å². The Morgan fingerprint density at radius 1 is 1.46 bits per heavy atom. The lowest BCUT2D eigenvalue weighted by Crippen LogP contribution is -2.05. The van der Waals surface area contributed by atoms with Crippen LogP contribution in [-0.4, -0.2) is 5.71 Å². The van der Waals surface area contributed by atoms with Crippen molar-refractivity contribution in [2.45, 2.75) is 12.8 Å². The molecule has 0 saturated heterocycles. The van der Waals surface area contributed by atoms with Gasteiger partial charge in [-0.3, -0.25) is 0 Å². The van der Waals surface area contributed by atoms with Gasteiger partial charge in [-0.2, -0.15) is 0 Å². The molecule has 0 bridgehead atoms. The number of benzene rings is 1. The number of anilines is 1. The van der Waals surface area contributed by atoms with E-state index in [2.05, 4.69) is 15.9 Å². The molecule has 1 aliphatic rings. The summed E-state index contributed by atoms with van der Waals surface area (Å²) in [5, 5.41) is 7.88. The average Bonchev–Trinajstić information content (AvgIpc) is 2.91. The summed E-state index contributed by atoms with van der Waals surface area (Å²) in [6.07, 6.45) is 2.29. The van der Waals surface area contributed by atoms with E-state index in [0.717, 1.165) is 22.9 Å². The molecule has 0 unspecified atom stereocenters. The van der Waals surface area contributed by atoms with Gasteiger partial charge in [-0.1, -0.05) is 15.9 Å². The van der Waals surface area contributed by atoms with Crippen LogP contribution < -0.4 is 5.73 Å². The molecule has 0 amide bonds. The molecule has 68 valence electrons. The zero-order chi connectivity index (χ0) is 9.42. The fraction of sp³-hybridized carbons (Fsp3) is 0.300. The Labute approximate surface area is 85.8 Å². The quantitative estimate of drug-likeness (QED) is 0.605. The summed E-state index contributed by atoms with van der Waals surface area (Å²) in [6, 6.07) is 5.67. The highest BCUT2D eigenvalue weighted by atomic mass is 79.9. The summed E-state index contributed by atoms with van der Waals surface area (Å²) in [6.45, 7) is 0. The van der Waals surface area contributed by atoms with Crippen LogP contribution in [0.4, 0.5) is 5.69 Å². The van der Waals surface area contributed by atoms with Gasteiger partial charge in [0, 0.05) is 27.4 Å². The molecule has 1 fully saturated rings. The fourth-order valence-corrected chi connectivity index (χ4v) is 1.71. The molecule has 2 rings (SSSR count). The summed E-state index contributed by atoms with van der Waals surface area (Å²) in [7, 11) is 0. The smallest absolute Gasteiger partial charge is 0.0438 e. The molecule has 0 aliphatic heterocycles. The fourth-order valence-electron chi connectivity index (χ4n) is 1.35. The summed E-state index contributed by atoms with van der Waals surface area (Å²) >= 11 is 3.38. The molecule has 3 N–H and O–H groups in total. The van der Waals surface area contributed by atoms with E-state index >= 15 is 0 Å². The highest BCUT2D eigenvalue weighted by molar-refractivity contribution is 9.10. The predicted octanol–water partition coefficient (Wildman–Crippen LogP) is 2.81. The van der Waals surface area contributed by atoms with E-state index in [1.807, 2.05) is 18.2 Å². The van der Waals surface area contributed by atoms with Gasteiger partial charge in [-0.15, -0.1) is 0 Å². The number of halogens is 1. The number of rotatable bonds is 2. The van der Waals surface area contributed by atoms with Crippen molar-refractivity contribution in [2.24, 2.45) is 5.92 Å². The minimum atomic E-state index is 0.455. The van der Waals surface area contributed by atoms with Crippen molar-refractivity contribution in [2.75, 3.05) is 5.73 Å². The Balaban J connectivity index is 2.37. The summed E-state index contributed by atoms with van der Waals surface area (Å²) < 4.78 is 0.988. The van der Waals surface area contributed by atoms with E-state index in [1.54, 1.807) is 0 Å². The molecule has 0 radical (unpaired) electrons. The van der Waals surface area contributed by atoms with Crippen molar-refractivity contribution in [3.63, 3.8) is 0 Å². The topological polar surface area (TPSA) is 49.9 Å². The monoisotopic (exact) mass is 238 g/mol. The molecule has 2 nitrogen and oxygen atoms in total. The van der Waals surface area contributed by atoms with Gasteiger partial charge in [0.05, 0.1) is 0 Å². The number of hydrogen-bond acceptors (Lipinski definition) is 2. The van der Waals surface area contributed by atoms with E-state index in [1.165, 1.54) is 0 Å². The van der Waals surface area contributed by atoms with Crippen LogP contribution in [0.1, 0.15) is 18.4 Å². The third-order valence-corrected chi connectivity index (χ3v) is 2.78. The molecular weight excluding hydrogens is 228 g/mol. The summed E-state index contributed by atoms with van der Waals surface area (Å²) in [5.74, 6) is 0.455. The lowest BCUT2D eigenvalue weighted by atomic mass is 10.0.